The molecule has 2 rings (SSSR count). The molecule has 2 aromatic rings. The van der Waals surface area contributed by atoms with E-state index in [1.54, 1.807) is 6.07 Å². The van der Waals surface area contributed by atoms with E-state index >= 15 is 0 Å². The number of rotatable bonds is 1. The van der Waals surface area contributed by atoms with Gasteiger partial charge in [-0.3, -0.25) is 4.79 Å². The molecule has 0 atom stereocenters. The zero-order chi connectivity index (χ0) is 10.8. The number of nitrogen functional groups attached to an aromatic ring is 1. The highest BCUT2D eigenvalue weighted by Crippen LogP contribution is 2.20. The van der Waals surface area contributed by atoms with E-state index in [1.165, 1.54) is 0 Å². The molecule has 0 spiro atoms. The van der Waals surface area contributed by atoms with Crippen LogP contribution in [0, 0.1) is 6.92 Å². The third-order valence-corrected chi connectivity index (χ3v) is 2.20. The van der Waals surface area contributed by atoms with Crippen molar-refractivity contribution in [1.29, 1.82) is 0 Å². The number of nitrogens with two attached hydrogens (primary N) is 1. The molecule has 1 heterocycles. The Bertz CT molecular complexity index is 543. The van der Waals surface area contributed by atoms with Crippen molar-refractivity contribution in [3.63, 3.8) is 0 Å². The Hall–Kier alpha value is -2.03. The van der Waals surface area contributed by atoms with Crippen molar-refractivity contribution < 1.29 is 0 Å². The van der Waals surface area contributed by atoms with E-state index in [-0.39, 0.29) is 5.56 Å². The predicted octanol–water partition coefficient (Wildman–Crippen LogP) is 1.93. The minimum atomic E-state index is -0.0903. The summed E-state index contributed by atoms with van der Waals surface area (Å²) in [4.78, 5) is 14.0. The van der Waals surface area contributed by atoms with Gasteiger partial charge in [-0.25, -0.2) is 0 Å². The predicted molar refractivity (Wildman–Crippen MR) is 61.6 cm³/mol. The summed E-state index contributed by atoms with van der Waals surface area (Å²) < 4.78 is 0. The number of H-pyrrole nitrogens is 1. The van der Waals surface area contributed by atoms with Crippen molar-refractivity contribution >= 4 is 5.69 Å². The van der Waals surface area contributed by atoms with Gasteiger partial charge in [0.05, 0.1) is 0 Å². The van der Waals surface area contributed by atoms with E-state index < -0.39 is 0 Å². The van der Waals surface area contributed by atoms with E-state index in [2.05, 4.69) is 4.98 Å². The molecule has 3 N–H and O–H groups in total. The third-order valence-electron chi connectivity index (χ3n) is 2.20. The number of aromatic nitrogens is 1. The maximum Gasteiger partial charge on any atom is 0.248 e. The molecule has 0 fully saturated rings. The van der Waals surface area contributed by atoms with Gasteiger partial charge in [-0.05, 0) is 36.2 Å². The topological polar surface area (TPSA) is 58.9 Å². The van der Waals surface area contributed by atoms with Crippen LogP contribution in [-0.2, 0) is 0 Å². The van der Waals surface area contributed by atoms with Gasteiger partial charge in [-0.15, -0.1) is 0 Å². The molecule has 1 aromatic heterocycles. The van der Waals surface area contributed by atoms with Crippen LogP contribution in [0.5, 0.6) is 0 Å². The summed E-state index contributed by atoms with van der Waals surface area (Å²) in [6.07, 6.45) is 0. The zero-order valence-electron chi connectivity index (χ0n) is 8.45. The Kier molecular flexibility index (Phi) is 2.29. The molecule has 0 aliphatic rings. The normalized spacial score (nSPS) is 10.2. The molecule has 1 aromatic carbocycles. The number of aryl methyl sites for hydroxylation is 1. The molecule has 0 unspecified atom stereocenters. The monoisotopic (exact) mass is 200 g/mol. The Morgan fingerprint density at radius 2 is 1.93 bits per heavy atom. The first kappa shape index (κ1) is 9.52. The number of pyridine rings is 1. The van der Waals surface area contributed by atoms with Gasteiger partial charge in [0.15, 0.2) is 0 Å². The first-order chi connectivity index (χ1) is 7.15. The summed E-state index contributed by atoms with van der Waals surface area (Å²) in [5, 5.41) is 0. The van der Waals surface area contributed by atoms with Gasteiger partial charge in [0.2, 0.25) is 5.56 Å². The van der Waals surface area contributed by atoms with Crippen molar-refractivity contribution in [3.8, 4) is 11.1 Å². The minimum absolute atomic E-state index is 0.0903. The highest BCUT2D eigenvalue weighted by molar-refractivity contribution is 5.67. The number of anilines is 1. The lowest BCUT2D eigenvalue weighted by Crippen LogP contribution is -2.05. The molecule has 0 amide bonds. The Labute approximate surface area is 87.6 Å². The summed E-state index contributed by atoms with van der Waals surface area (Å²) in [6.45, 7) is 1.86. The Balaban J connectivity index is 2.59. The summed E-state index contributed by atoms with van der Waals surface area (Å²) in [5.74, 6) is 0. The van der Waals surface area contributed by atoms with E-state index in [0.717, 1.165) is 16.8 Å². The lowest BCUT2D eigenvalue weighted by molar-refractivity contribution is 1.14. The van der Waals surface area contributed by atoms with E-state index in [1.807, 2.05) is 37.3 Å². The highest BCUT2D eigenvalue weighted by atomic mass is 16.1. The van der Waals surface area contributed by atoms with Crippen molar-refractivity contribution in [1.82, 2.24) is 4.98 Å². The smallest absolute Gasteiger partial charge is 0.248 e. The average Bonchev–Trinajstić information content (AvgIpc) is 2.16. The molecule has 0 saturated carbocycles. The summed E-state index contributed by atoms with van der Waals surface area (Å²) in [6, 6.07) is 11.0. The largest absolute Gasteiger partial charge is 0.399 e. The van der Waals surface area contributed by atoms with Crippen LogP contribution in [0.15, 0.2) is 41.2 Å². The van der Waals surface area contributed by atoms with Gasteiger partial charge in [-0.1, -0.05) is 12.1 Å². The molecule has 3 nitrogen and oxygen atoms in total. The fourth-order valence-electron chi connectivity index (χ4n) is 1.57. The van der Waals surface area contributed by atoms with E-state index in [9.17, 15) is 4.79 Å². The third kappa shape index (κ3) is 2.07. The second-order valence-electron chi connectivity index (χ2n) is 3.54. The van der Waals surface area contributed by atoms with Crippen LogP contribution in [-0.4, -0.2) is 4.98 Å². The quantitative estimate of drug-likeness (QED) is 0.691. The van der Waals surface area contributed by atoms with Gasteiger partial charge in [0.25, 0.3) is 0 Å². The second-order valence-corrected chi connectivity index (χ2v) is 3.54. The number of aromatic amines is 1. The maximum absolute atomic E-state index is 11.3. The number of benzene rings is 1. The lowest BCUT2D eigenvalue weighted by atomic mass is 10.1. The molecule has 0 saturated heterocycles. The molecular formula is C12H12N2O. The van der Waals surface area contributed by atoms with Gasteiger partial charge in [0.1, 0.15) is 0 Å². The van der Waals surface area contributed by atoms with Crippen LogP contribution in [0.3, 0.4) is 0 Å². The fourth-order valence-corrected chi connectivity index (χ4v) is 1.57. The van der Waals surface area contributed by atoms with Crippen LogP contribution in [0.4, 0.5) is 5.69 Å². The van der Waals surface area contributed by atoms with Gasteiger partial charge in [0, 0.05) is 17.4 Å². The zero-order valence-corrected chi connectivity index (χ0v) is 8.45. The number of nitrogens with one attached hydrogen (secondary N) is 1. The van der Waals surface area contributed by atoms with Crippen LogP contribution < -0.4 is 11.3 Å². The average molecular weight is 200 g/mol. The summed E-state index contributed by atoms with van der Waals surface area (Å²) >= 11 is 0. The Morgan fingerprint density at radius 3 is 2.60 bits per heavy atom. The van der Waals surface area contributed by atoms with E-state index in [0.29, 0.717) is 5.69 Å². The molecule has 3 heteroatoms. The molecule has 15 heavy (non-hydrogen) atoms. The Morgan fingerprint density at radius 1 is 1.13 bits per heavy atom. The number of hydrogen-bond acceptors (Lipinski definition) is 2. The molecule has 76 valence electrons. The summed E-state index contributed by atoms with van der Waals surface area (Å²) in [5.41, 5.74) is 9.00. The van der Waals surface area contributed by atoms with Crippen molar-refractivity contribution in [3.05, 3.63) is 52.4 Å². The van der Waals surface area contributed by atoms with Crippen LogP contribution >= 0.6 is 0 Å². The van der Waals surface area contributed by atoms with Crippen molar-refractivity contribution in [2.45, 2.75) is 6.92 Å². The van der Waals surface area contributed by atoms with Crippen molar-refractivity contribution in [2.24, 2.45) is 0 Å². The van der Waals surface area contributed by atoms with Gasteiger partial charge in [-0.2, -0.15) is 0 Å². The summed E-state index contributed by atoms with van der Waals surface area (Å²) in [7, 11) is 0. The molecule has 0 radical (unpaired) electrons. The fraction of sp³-hybridized carbons (Fsp3) is 0.0833. The molecule has 0 aliphatic carbocycles. The lowest BCUT2D eigenvalue weighted by Gasteiger charge is -2.03. The standard InChI is InChI=1S/C12H12N2O/c1-8-5-10(7-12(15)14-8)9-3-2-4-11(13)6-9/h2-7H,13H2,1H3,(H,14,15). The van der Waals surface area contributed by atoms with Gasteiger partial charge < -0.3 is 10.7 Å². The molecule has 0 aliphatic heterocycles. The van der Waals surface area contributed by atoms with Crippen molar-refractivity contribution in [2.75, 3.05) is 5.73 Å². The SMILES string of the molecule is Cc1cc(-c2cccc(N)c2)cc(=O)[nH]1. The molecule has 0 bridgehead atoms. The first-order valence-electron chi connectivity index (χ1n) is 4.72. The highest BCUT2D eigenvalue weighted by Gasteiger charge is 1.99. The van der Waals surface area contributed by atoms with E-state index in [4.69, 9.17) is 5.73 Å². The first-order valence-corrected chi connectivity index (χ1v) is 4.72. The maximum atomic E-state index is 11.3. The van der Waals surface area contributed by atoms with Crippen LogP contribution in [0.25, 0.3) is 11.1 Å². The molecular weight excluding hydrogens is 188 g/mol. The van der Waals surface area contributed by atoms with Crippen LogP contribution in [0.1, 0.15) is 5.69 Å². The number of hydrogen-bond donors (Lipinski definition) is 2. The van der Waals surface area contributed by atoms with Gasteiger partial charge >= 0.3 is 0 Å². The minimum Gasteiger partial charge on any atom is -0.399 e. The second kappa shape index (κ2) is 3.61. The van der Waals surface area contributed by atoms with Crippen LogP contribution in [0.2, 0.25) is 0 Å².